The molecule has 0 aliphatic carbocycles. The Kier molecular flexibility index (Phi) is 3.36. The molecule has 0 aliphatic rings. The van der Waals surface area contributed by atoms with Gasteiger partial charge in [0.2, 0.25) is 0 Å². The van der Waals surface area contributed by atoms with Crippen molar-refractivity contribution in [3.8, 4) is 11.5 Å². The largest absolute Gasteiger partial charge is 0.452 e. The number of aryl methyl sites for hydroxylation is 1. The van der Waals surface area contributed by atoms with Gasteiger partial charge in [-0.3, -0.25) is 4.68 Å². The minimum absolute atomic E-state index is 0.0417. The van der Waals surface area contributed by atoms with Gasteiger partial charge in [-0.15, -0.1) is 0 Å². The van der Waals surface area contributed by atoms with Crippen molar-refractivity contribution in [2.24, 2.45) is 12.8 Å². The quantitative estimate of drug-likeness (QED) is 0.913. The summed E-state index contributed by atoms with van der Waals surface area (Å²) in [5, 5.41) is 4.56. The summed E-state index contributed by atoms with van der Waals surface area (Å²) in [6, 6.07) is 5.49. The van der Waals surface area contributed by atoms with Gasteiger partial charge < -0.3 is 10.5 Å². The Labute approximate surface area is 105 Å². The molecule has 2 N–H and O–H groups in total. The van der Waals surface area contributed by atoms with Crippen LogP contribution in [0.2, 0.25) is 5.02 Å². The number of ether oxygens (including phenoxy) is 1. The standard InChI is InChI=1S/C12H14ClN3O/c1-8(14)9-3-4-12(11(13)5-9)17-10-6-15-16(2)7-10/h3-8H,14H2,1-2H3/t8-/m0/s1. The first-order chi connectivity index (χ1) is 8.06. The molecule has 2 rings (SSSR count). The van der Waals surface area contributed by atoms with E-state index in [9.17, 15) is 0 Å². The molecule has 0 aliphatic heterocycles. The molecule has 0 spiro atoms. The Bertz CT molecular complexity index is 522. The Morgan fingerprint density at radius 2 is 2.24 bits per heavy atom. The first kappa shape index (κ1) is 12.0. The number of hydrogen-bond donors (Lipinski definition) is 1. The Morgan fingerprint density at radius 3 is 2.76 bits per heavy atom. The van der Waals surface area contributed by atoms with Crippen LogP contribution < -0.4 is 10.5 Å². The lowest BCUT2D eigenvalue weighted by Crippen LogP contribution is -2.04. The second-order valence-corrected chi connectivity index (χ2v) is 4.34. The SMILES string of the molecule is C[C@H](N)c1ccc(Oc2cnn(C)c2)c(Cl)c1. The predicted molar refractivity (Wildman–Crippen MR) is 67.3 cm³/mol. The van der Waals surface area contributed by atoms with Crippen LogP contribution in [0.5, 0.6) is 11.5 Å². The third-order valence-electron chi connectivity index (χ3n) is 2.39. The van der Waals surface area contributed by atoms with E-state index >= 15 is 0 Å². The molecule has 0 saturated carbocycles. The topological polar surface area (TPSA) is 53.1 Å². The molecule has 5 heteroatoms. The van der Waals surface area contributed by atoms with Crippen LogP contribution in [-0.2, 0) is 7.05 Å². The number of nitrogens with two attached hydrogens (primary N) is 1. The van der Waals surface area contributed by atoms with E-state index in [1.165, 1.54) is 0 Å². The summed E-state index contributed by atoms with van der Waals surface area (Å²) < 4.78 is 7.27. The molecule has 1 aromatic heterocycles. The number of aromatic nitrogens is 2. The highest BCUT2D eigenvalue weighted by molar-refractivity contribution is 6.32. The highest BCUT2D eigenvalue weighted by atomic mass is 35.5. The lowest BCUT2D eigenvalue weighted by atomic mass is 10.1. The van der Waals surface area contributed by atoms with Crippen molar-refractivity contribution in [1.29, 1.82) is 0 Å². The van der Waals surface area contributed by atoms with Crippen LogP contribution >= 0.6 is 11.6 Å². The van der Waals surface area contributed by atoms with Gasteiger partial charge in [0.1, 0.15) is 5.75 Å². The normalized spacial score (nSPS) is 12.5. The molecule has 0 unspecified atom stereocenters. The second-order valence-electron chi connectivity index (χ2n) is 3.93. The van der Waals surface area contributed by atoms with E-state index in [4.69, 9.17) is 22.1 Å². The van der Waals surface area contributed by atoms with E-state index in [2.05, 4.69) is 5.10 Å². The fourth-order valence-corrected chi connectivity index (χ4v) is 1.69. The maximum absolute atomic E-state index is 6.12. The third kappa shape index (κ3) is 2.78. The summed E-state index contributed by atoms with van der Waals surface area (Å²) in [5.41, 5.74) is 6.76. The Morgan fingerprint density at radius 1 is 1.47 bits per heavy atom. The van der Waals surface area contributed by atoms with Crippen LogP contribution in [0.25, 0.3) is 0 Å². The van der Waals surface area contributed by atoms with Crippen LogP contribution in [0.1, 0.15) is 18.5 Å². The fourth-order valence-electron chi connectivity index (χ4n) is 1.46. The van der Waals surface area contributed by atoms with Crippen molar-refractivity contribution < 1.29 is 4.74 Å². The van der Waals surface area contributed by atoms with Gasteiger partial charge in [0, 0.05) is 13.1 Å². The fraction of sp³-hybridized carbons (Fsp3) is 0.250. The molecule has 1 aromatic carbocycles. The molecule has 1 atom stereocenters. The monoisotopic (exact) mass is 251 g/mol. The van der Waals surface area contributed by atoms with Crippen LogP contribution in [0.4, 0.5) is 0 Å². The molecule has 0 fully saturated rings. The van der Waals surface area contributed by atoms with Crippen LogP contribution in [-0.4, -0.2) is 9.78 Å². The van der Waals surface area contributed by atoms with Crippen molar-refractivity contribution in [1.82, 2.24) is 9.78 Å². The molecule has 0 saturated heterocycles. The summed E-state index contributed by atoms with van der Waals surface area (Å²) in [5.74, 6) is 1.26. The van der Waals surface area contributed by atoms with E-state index in [-0.39, 0.29) is 6.04 Å². The predicted octanol–water partition coefficient (Wildman–Crippen LogP) is 2.89. The number of rotatable bonds is 3. The summed E-state index contributed by atoms with van der Waals surface area (Å²) in [4.78, 5) is 0. The highest BCUT2D eigenvalue weighted by Crippen LogP contribution is 2.30. The van der Waals surface area contributed by atoms with E-state index < -0.39 is 0 Å². The highest BCUT2D eigenvalue weighted by Gasteiger charge is 2.07. The minimum atomic E-state index is -0.0417. The first-order valence-electron chi connectivity index (χ1n) is 5.28. The molecule has 2 aromatic rings. The lowest BCUT2D eigenvalue weighted by Gasteiger charge is -2.09. The molecule has 90 valence electrons. The van der Waals surface area contributed by atoms with Crippen molar-refractivity contribution in [2.45, 2.75) is 13.0 Å². The van der Waals surface area contributed by atoms with Gasteiger partial charge in [-0.25, -0.2) is 0 Å². The van der Waals surface area contributed by atoms with Crippen molar-refractivity contribution >= 4 is 11.6 Å². The van der Waals surface area contributed by atoms with Crippen LogP contribution in [0.15, 0.2) is 30.6 Å². The molecule has 0 amide bonds. The molecular formula is C12H14ClN3O. The molecule has 17 heavy (non-hydrogen) atoms. The maximum atomic E-state index is 6.12. The number of halogens is 1. The van der Waals surface area contributed by atoms with Gasteiger partial charge in [0.05, 0.1) is 17.4 Å². The molecular weight excluding hydrogens is 238 g/mol. The summed E-state index contributed by atoms with van der Waals surface area (Å²) in [6.45, 7) is 1.91. The number of benzene rings is 1. The van der Waals surface area contributed by atoms with Gasteiger partial charge in [-0.1, -0.05) is 17.7 Å². The minimum Gasteiger partial charge on any atom is -0.452 e. The van der Waals surface area contributed by atoms with E-state index in [1.54, 1.807) is 17.1 Å². The smallest absolute Gasteiger partial charge is 0.165 e. The number of hydrogen-bond acceptors (Lipinski definition) is 3. The molecule has 4 nitrogen and oxygen atoms in total. The van der Waals surface area contributed by atoms with Crippen LogP contribution in [0, 0.1) is 0 Å². The maximum Gasteiger partial charge on any atom is 0.165 e. The molecule has 0 bridgehead atoms. The van der Waals surface area contributed by atoms with Gasteiger partial charge in [-0.05, 0) is 24.6 Å². The number of nitrogens with zero attached hydrogens (tertiary/aromatic N) is 2. The van der Waals surface area contributed by atoms with Gasteiger partial charge in [-0.2, -0.15) is 5.10 Å². The summed E-state index contributed by atoms with van der Waals surface area (Å²) >= 11 is 6.12. The Balaban J connectivity index is 2.22. The van der Waals surface area contributed by atoms with E-state index in [0.717, 1.165) is 5.56 Å². The Hall–Kier alpha value is -1.52. The van der Waals surface area contributed by atoms with E-state index in [0.29, 0.717) is 16.5 Å². The van der Waals surface area contributed by atoms with Gasteiger partial charge in [0.25, 0.3) is 0 Å². The third-order valence-corrected chi connectivity index (χ3v) is 2.69. The van der Waals surface area contributed by atoms with Crippen molar-refractivity contribution in [3.05, 3.63) is 41.2 Å². The first-order valence-corrected chi connectivity index (χ1v) is 5.65. The van der Waals surface area contributed by atoms with Crippen molar-refractivity contribution in [2.75, 3.05) is 0 Å². The molecule has 1 heterocycles. The summed E-state index contributed by atoms with van der Waals surface area (Å²) in [7, 11) is 1.83. The average molecular weight is 252 g/mol. The molecule has 0 radical (unpaired) electrons. The lowest BCUT2D eigenvalue weighted by molar-refractivity contribution is 0.482. The average Bonchev–Trinajstić information content (AvgIpc) is 2.67. The summed E-state index contributed by atoms with van der Waals surface area (Å²) in [6.07, 6.45) is 3.41. The van der Waals surface area contributed by atoms with Crippen molar-refractivity contribution in [3.63, 3.8) is 0 Å². The second kappa shape index (κ2) is 4.77. The van der Waals surface area contributed by atoms with E-state index in [1.807, 2.05) is 32.2 Å². The van der Waals surface area contributed by atoms with Gasteiger partial charge in [0.15, 0.2) is 5.75 Å². The zero-order chi connectivity index (χ0) is 12.4. The van der Waals surface area contributed by atoms with Gasteiger partial charge >= 0.3 is 0 Å². The zero-order valence-corrected chi connectivity index (χ0v) is 10.5. The zero-order valence-electron chi connectivity index (χ0n) is 9.72. The van der Waals surface area contributed by atoms with Crippen LogP contribution in [0.3, 0.4) is 0 Å².